The second kappa shape index (κ2) is 4.61. The van der Waals surface area contributed by atoms with Crippen LogP contribution in [0.25, 0.3) is 0 Å². The lowest BCUT2D eigenvalue weighted by Gasteiger charge is -2.57. The van der Waals surface area contributed by atoms with Crippen LogP contribution in [0.3, 0.4) is 0 Å². The number of hydrogen-bond acceptors (Lipinski definition) is 2. The SMILES string of the molecule is C#CC1(O)CCC2C3CCC4=CC(=O)C=CC4(C)C3CCC21C. The van der Waals surface area contributed by atoms with Gasteiger partial charge in [0.2, 0.25) is 0 Å². The minimum absolute atomic E-state index is 0.0228. The maximum absolute atomic E-state index is 11.8. The van der Waals surface area contributed by atoms with Crippen LogP contribution in [-0.2, 0) is 4.79 Å². The lowest BCUT2D eigenvalue weighted by atomic mass is 9.47. The summed E-state index contributed by atoms with van der Waals surface area (Å²) < 4.78 is 0. The van der Waals surface area contributed by atoms with E-state index in [9.17, 15) is 9.90 Å². The van der Waals surface area contributed by atoms with Crippen molar-refractivity contribution in [3.05, 3.63) is 23.8 Å². The third-order valence-electron chi connectivity index (χ3n) is 7.95. The Labute approximate surface area is 139 Å². The van der Waals surface area contributed by atoms with Gasteiger partial charge < -0.3 is 5.11 Å². The van der Waals surface area contributed by atoms with Gasteiger partial charge in [0.15, 0.2) is 5.78 Å². The standard InChI is InChI=1S/C21H26O2/c1-4-21(23)12-9-18-16-6-5-14-13-15(22)7-10-19(14,2)17(16)8-11-20(18,21)3/h1,7,10,13,16-18,23H,5-6,8-9,11-12H2,2-3H3. The summed E-state index contributed by atoms with van der Waals surface area (Å²) in [5.74, 6) is 4.56. The molecule has 3 fully saturated rings. The van der Waals surface area contributed by atoms with Gasteiger partial charge in [-0.25, -0.2) is 0 Å². The summed E-state index contributed by atoms with van der Waals surface area (Å²) in [5, 5.41) is 11.0. The van der Waals surface area contributed by atoms with E-state index in [4.69, 9.17) is 6.42 Å². The highest BCUT2D eigenvalue weighted by Gasteiger charge is 2.63. The van der Waals surface area contributed by atoms with Crippen LogP contribution < -0.4 is 0 Å². The molecular weight excluding hydrogens is 284 g/mol. The molecule has 23 heavy (non-hydrogen) atoms. The molecule has 0 saturated heterocycles. The van der Waals surface area contributed by atoms with E-state index in [-0.39, 0.29) is 16.6 Å². The second-order valence-corrected chi connectivity index (χ2v) is 8.60. The molecule has 6 unspecified atom stereocenters. The third-order valence-corrected chi connectivity index (χ3v) is 7.95. The van der Waals surface area contributed by atoms with E-state index < -0.39 is 5.60 Å². The zero-order chi connectivity index (χ0) is 16.5. The highest BCUT2D eigenvalue weighted by molar-refractivity contribution is 6.01. The highest BCUT2D eigenvalue weighted by Crippen LogP contribution is 2.66. The van der Waals surface area contributed by atoms with E-state index in [1.807, 2.05) is 6.08 Å². The van der Waals surface area contributed by atoms with E-state index in [0.29, 0.717) is 17.8 Å². The molecule has 4 aliphatic carbocycles. The van der Waals surface area contributed by atoms with Crippen LogP contribution in [0.2, 0.25) is 0 Å². The van der Waals surface area contributed by atoms with Crippen molar-refractivity contribution in [2.75, 3.05) is 0 Å². The molecule has 2 heteroatoms. The summed E-state index contributed by atoms with van der Waals surface area (Å²) in [7, 11) is 0. The Balaban J connectivity index is 1.72. The van der Waals surface area contributed by atoms with Crippen LogP contribution in [-0.4, -0.2) is 16.5 Å². The summed E-state index contributed by atoms with van der Waals surface area (Å²) in [6.45, 7) is 4.53. The van der Waals surface area contributed by atoms with E-state index in [2.05, 4.69) is 25.8 Å². The molecule has 0 aromatic heterocycles. The number of carbonyl (C=O) groups excluding carboxylic acids is 1. The molecule has 0 bridgehead atoms. The number of carbonyl (C=O) groups is 1. The number of rotatable bonds is 0. The average Bonchev–Trinajstić information content (AvgIpc) is 2.80. The van der Waals surface area contributed by atoms with E-state index in [1.165, 1.54) is 5.57 Å². The maximum Gasteiger partial charge on any atom is 0.178 e. The first-order valence-corrected chi connectivity index (χ1v) is 8.98. The second-order valence-electron chi connectivity index (χ2n) is 8.60. The fourth-order valence-electron chi connectivity index (χ4n) is 6.45. The van der Waals surface area contributed by atoms with Crippen molar-refractivity contribution < 1.29 is 9.90 Å². The first-order chi connectivity index (χ1) is 10.8. The third kappa shape index (κ3) is 1.78. The largest absolute Gasteiger partial charge is 0.377 e. The minimum Gasteiger partial charge on any atom is -0.377 e. The number of allylic oxidation sites excluding steroid dienone is 4. The lowest BCUT2D eigenvalue weighted by molar-refractivity contribution is -0.111. The van der Waals surface area contributed by atoms with Crippen LogP contribution >= 0.6 is 0 Å². The molecule has 0 amide bonds. The molecule has 3 saturated carbocycles. The lowest BCUT2D eigenvalue weighted by Crippen LogP contribution is -2.53. The van der Waals surface area contributed by atoms with Gasteiger partial charge in [-0.15, -0.1) is 6.42 Å². The number of terminal acetylenes is 1. The molecule has 4 aliphatic rings. The zero-order valence-corrected chi connectivity index (χ0v) is 14.1. The van der Waals surface area contributed by atoms with Gasteiger partial charge in [0.05, 0.1) is 0 Å². The average molecular weight is 310 g/mol. The van der Waals surface area contributed by atoms with E-state index in [1.54, 1.807) is 6.08 Å². The monoisotopic (exact) mass is 310 g/mol. The van der Waals surface area contributed by atoms with Crippen LogP contribution in [0, 0.1) is 40.9 Å². The Kier molecular flexibility index (Phi) is 3.05. The topological polar surface area (TPSA) is 37.3 Å². The normalized spacial score (nSPS) is 51.3. The summed E-state index contributed by atoms with van der Waals surface area (Å²) in [4.78, 5) is 11.8. The molecule has 6 atom stereocenters. The van der Waals surface area contributed by atoms with E-state index in [0.717, 1.165) is 38.5 Å². The van der Waals surface area contributed by atoms with Crippen LogP contribution in [0.4, 0.5) is 0 Å². The molecular formula is C21H26O2. The summed E-state index contributed by atoms with van der Waals surface area (Å²) in [6.07, 6.45) is 17.5. The highest BCUT2D eigenvalue weighted by atomic mass is 16.3. The molecule has 0 radical (unpaired) electrons. The number of ketones is 1. The Hall–Kier alpha value is -1.33. The predicted molar refractivity (Wildman–Crippen MR) is 90.4 cm³/mol. The molecule has 0 aromatic rings. The van der Waals surface area contributed by atoms with Gasteiger partial charge in [-0.2, -0.15) is 0 Å². The van der Waals surface area contributed by atoms with E-state index >= 15 is 0 Å². The van der Waals surface area contributed by atoms with Crippen LogP contribution in [0.5, 0.6) is 0 Å². The molecule has 122 valence electrons. The summed E-state index contributed by atoms with van der Waals surface area (Å²) in [5.41, 5.74) is 0.266. The summed E-state index contributed by atoms with van der Waals surface area (Å²) >= 11 is 0. The zero-order valence-electron chi connectivity index (χ0n) is 14.1. The molecule has 0 spiro atoms. The Morgan fingerprint density at radius 1 is 1.22 bits per heavy atom. The van der Waals surface area contributed by atoms with Crippen molar-refractivity contribution in [1.29, 1.82) is 0 Å². The van der Waals surface area contributed by atoms with Crippen LogP contribution in [0.15, 0.2) is 23.8 Å². The predicted octanol–water partition coefficient (Wildman–Crippen LogP) is 3.66. The molecule has 2 nitrogen and oxygen atoms in total. The van der Waals surface area contributed by atoms with Crippen molar-refractivity contribution in [3.8, 4) is 12.3 Å². The Morgan fingerprint density at radius 3 is 2.70 bits per heavy atom. The number of aliphatic hydroxyl groups is 1. The number of fused-ring (bicyclic) bond motifs is 5. The fourth-order valence-corrected chi connectivity index (χ4v) is 6.45. The summed E-state index contributed by atoms with van der Waals surface area (Å²) in [6, 6.07) is 0. The number of hydrogen-bond donors (Lipinski definition) is 1. The van der Waals surface area contributed by atoms with Crippen molar-refractivity contribution in [1.82, 2.24) is 0 Å². The van der Waals surface area contributed by atoms with Crippen molar-refractivity contribution >= 4 is 5.78 Å². The molecule has 1 N–H and O–H groups in total. The maximum atomic E-state index is 11.8. The van der Waals surface area contributed by atoms with Gasteiger partial charge in [0.25, 0.3) is 0 Å². The van der Waals surface area contributed by atoms with Crippen molar-refractivity contribution in [3.63, 3.8) is 0 Å². The van der Waals surface area contributed by atoms with Gasteiger partial charge in [-0.05, 0) is 68.4 Å². The Bertz CT molecular complexity index is 666. The van der Waals surface area contributed by atoms with Gasteiger partial charge in [-0.3, -0.25) is 4.79 Å². The molecule has 0 aromatic carbocycles. The quantitative estimate of drug-likeness (QED) is 0.693. The van der Waals surface area contributed by atoms with Gasteiger partial charge >= 0.3 is 0 Å². The molecule has 0 heterocycles. The van der Waals surface area contributed by atoms with Gasteiger partial charge in [0.1, 0.15) is 5.60 Å². The Morgan fingerprint density at radius 2 is 1.96 bits per heavy atom. The van der Waals surface area contributed by atoms with Crippen molar-refractivity contribution in [2.45, 2.75) is 58.0 Å². The smallest absolute Gasteiger partial charge is 0.178 e. The van der Waals surface area contributed by atoms with Crippen LogP contribution in [0.1, 0.15) is 52.4 Å². The molecule has 0 aliphatic heterocycles. The van der Waals surface area contributed by atoms with Gasteiger partial charge in [0, 0.05) is 10.8 Å². The first-order valence-electron chi connectivity index (χ1n) is 8.98. The first kappa shape index (κ1) is 15.2. The minimum atomic E-state index is -0.933. The van der Waals surface area contributed by atoms with Gasteiger partial charge in [-0.1, -0.05) is 31.4 Å². The fraction of sp³-hybridized carbons (Fsp3) is 0.667. The van der Waals surface area contributed by atoms with Crippen molar-refractivity contribution in [2.24, 2.45) is 28.6 Å². The molecule has 4 rings (SSSR count).